The van der Waals surface area contributed by atoms with Crippen molar-refractivity contribution in [1.82, 2.24) is 5.32 Å². The van der Waals surface area contributed by atoms with Gasteiger partial charge in [-0.15, -0.1) is 12.4 Å². The summed E-state index contributed by atoms with van der Waals surface area (Å²) in [5, 5.41) is 2.95. The molecule has 1 atom stereocenters. The van der Waals surface area contributed by atoms with Crippen LogP contribution in [0.4, 0.5) is 8.78 Å². The van der Waals surface area contributed by atoms with Crippen molar-refractivity contribution in [3.05, 3.63) is 35.1 Å². The van der Waals surface area contributed by atoms with E-state index in [2.05, 4.69) is 5.32 Å². The molecule has 1 aliphatic heterocycles. The van der Waals surface area contributed by atoms with Gasteiger partial charge in [-0.1, -0.05) is 6.07 Å². The molecule has 0 bridgehead atoms. The molecule has 0 aromatic heterocycles. The van der Waals surface area contributed by atoms with Crippen LogP contribution in [0.1, 0.15) is 17.5 Å². The van der Waals surface area contributed by atoms with E-state index in [0.29, 0.717) is 18.5 Å². The second kappa shape index (κ2) is 4.45. The molecule has 1 saturated heterocycles. The first kappa shape index (κ1) is 12.4. The highest BCUT2D eigenvalue weighted by Gasteiger charge is 2.35. The molecular formula is C11H14ClF2N. The SMILES string of the molecule is Cc1cc(F)cc(C2(F)CCNC2)c1.Cl. The molecule has 15 heavy (non-hydrogen) atoms. The van der Waals surface area contributed by atoms with Crippen molar-refractivity contribution in [2.45, 2.75) is 19.0 Å². The average Bonchev–Trinajstić information content (AvgIpc) is 2.52. The molecule has 0 aliphatic carbocycles. The summed E-state index contributed by atoms with van der Waals surface area (Å²) in [6.45, 7) is 2.72. The number of rotatable bonds is 1. The smallest absolute Gasteiger partial charge is 0.149 e. The largest absolute Gasteiger partial charge is 0.313 e. The van der Waals surface area contributed by atoms with Gasteiger partial charge in [0, 0.05) is 6.54 Å². The van der Waals surface area contributed by atoms with Crippen LogP contribution in [0.2, 0.25) is 0 Å². The van der Waals surface area contributed by atoms with Crippen molar-refractivity contribution in [2.24, 2.45) is 0 Å². The van der Waals surface area contributed by atoms with Gasteiger partial charge in [0.2, 0.25) is 0 Å². The van der Waals surface area contributed by atoms with Crippen LogP contribution in [0.25, 0.3) is 0 Å². The fourth-order valence-corrected chi connectivity index (χ4v) is 1.90. The molecule has 1 N–H and O–H groups in total. The van der Waals surface area contributed by atoms with Gasteiger partial charge in [-0.3, -0.25) is 0 Å². The zero-order chi connectivity index (χ0) is 10.2. The zero-order valence-corrected chi connectivity index (χ0v) is 9.33. The number of aryl methyl sites for hydroxylation is 1. The first-order chi connectivity index (χ1) is 6.60. The van der Waals surface area contributed by atoms with Gasteiger partial charge in [0.25, 0.3) is 0 Å². The van der Waals surface area contributed by atoms with E-state index in [1.165, 1.54) is 12.1 Å². The average molecular weight is 234 g/mol. The van der Waals surface area contributed by atoms with E-state index in [9.17, 15) is 8.78 Å². The van der Waals surface area contributed by atoms with Crippen LogP contribution in [-0.4, -0.2) is 13.1 Å². The molecule has 0 spiro atoms. The molecule has 1 unspecified atom stereocenters. The van der Waals surface area contributed by atoms with E-state index in [0.717, 1.165) is 5.56 Å². The summed E-state index contributed by atoms with van der Waals surface area (Å²) < 4.78 is 27.2. The van der Waals surface area contributed by atoms with Crippen molar-refractivity contribution >= 4 is 12.4 Å². The van der Waals surface area contributed by atoms with Crippen molar-refractivity contribution in [3.8, 4) is 0 Å². The fraction of sp³-hybridized carbons (Fsp3) is 0.455. The molecule has 4 heteroatoms. The number of alkyl halides is 1. The Morgan fingerprint density at radius 2 is 2.07 bits per heavy atom. The van der Waals surface area contributed by atoms with Crippen LogP contribution in [-0.2, 0) is 5.67 Å². The molecular weight excluding hydrogens is 220 g/mol. The Morgan fingerprint density at radius 1 is 1.33 bits per heavy atom. The standard InChI is InChI=1S/C11H13F2N.ClH/c1-8-4-9(6-10(12)5-8)11(13)2-3-14-7-11;/h4-6,14H,2-3,7H2,1H3;1H. The predicted octanol–water partition coefficient (Wildman–Crippen LogP) is 2.71. The quantitative estimate of drug-likeness (QED) is 0.787. The lowest BCUT2D eigenvalue weighted by Gasteiger charge is -2.19. The number of benzene rings is 1. The lowest BCUT2D eigenvalue weighted by molar-refractivity contribution is 0.192. The molecule has 1 aromatic rings. The highest BCUT2D eigenvalue weighted by atomic mass is 35.5. The summed E-state index contributed by atoms with van der Waals surface area (Å²) >= 11 is 0. The van der Waals surface area contributed by atoms with Gasteiger partial charge in [-0.25, -0.2) is 8.78 Å². The van der Waals surface area contributed by atoms with Crippen LogP contribution < -0.4 is 5.32 Å². The third kappa shape index (κ3) is 2.47. The molecule has 0 radical (unpaired) electrons. The van der Waals surface area contributed by atoms with Crippen molar-refractivity contribution in [1.29, 1.82) is 0 Å². The molecule has 84 valence electrons. The topological polar surface area (TPSA) is 12.0 Å². The van der Waals surface area contributed by atoms with Gasteiger partial charge < -0.3 is 5.32 Å². The zero-order valence-electron chi connectivity index (χ0n) is 8.52. The van der Waals surface area contributed by atoms with Gasteiger partial charge in [0.15, 0.2) is 0 Å². The molecule has 0 saturated carbocycles. The summed E-state index contributed by atoms with van der Waals surface area (Å²) in [5.74, 6) is -0.357. The van der Waals surface area contributed by atoms with Crippen LogP contribution in [0.3, 0.4) is 0 Å². The van der Waals surface area contributed by atoms with E-state index in [-0.39, 0.29) is 24.8 Å². The second-order valence-electron chi connectivity index (χ2n) is 3.91. The van der Waals surface area contributed by atoms with Gasteiger partial charge in [-0.05, 0) is 43.1 Å². The van der Waals surface area contributed by atoms with Gasteiger partial charge in [0.1, 0.15) is 11.5 Å². The predicted molar refractivity (Wildman–Crippen MR) is 58.7 cm³/mol. The first-order valence-corrected chi connectivity index (χ1v) is 4.77. The summed E-state index contributed by atoms with van der Waals surface area (Å²) in [4.78, 5) is 0. The Bertz CT molecular complexity index is 328. The van der Waals surface area contributed by atoms with E-state index in [4.69, 9.17) is 0 Å². The number of hydrogen-bond donors (Lipinski definition) is 1. The fourth-order valence-electron chi connectivity index (χ4n) is 1.90. The Morgan fingerprint density at radius 3 is 2.60 bits per heavy atom. The van der Waals surface area contributed by atoms with Crippen LogP contribution >= 0.6 is 12.4 Å². The number of nitrogens with one attached hydrogen (secondary N) is 1. The Balaban J connectivity index is 0.00000112. The molecule has 1 heterocycles. The van der Waals surface area contributed by atoms with Crippen molar-refractivity contribution < 1.29 is 8.78 Å². The monoisotopic (exact) mass is 233 g/mol. The number of hydrogen-bond acceptors (Lipinski definition) is 1. The molecule has 1 aromatic carbocycles. The molecule has 1 aliphatic rings. The van der Waals surface area contributed by atoms with Crippen molar-refractivity contribution in [3.63, 3.8) is 0 Å². The van der Waals surface area contributed by atoms with Crippen molar-refractivity contribution in [2.75, 3.05) is 13.1 Å². The van der Waals surface area contributed by atoms with E-state index >= 15 is 0 Å². The molecule has 1 nitrogen and oxygen atoms in total. The summed E-state index contributed by atoms with van der Waals surface area (Å²) in [5.41, 5.74) is -0.156. The third-order valence-electron chi connectivity index (χ3n) is 2.66. The maximum Gasteiger partial charge on any atom is 0.149 e. The Hall–Kier alpha value is -0.670. The van der Waals surface area contributed by atoms with Crippen LogP contribution in [0.5, 0.6) is 0 Å². The lowest BCUT2D eigenvalue weighted by atomic mass is 9.93. The Labute approximate surface area is 94.3 Å². The van der Waals surface area contributed by atoms with Gasteiger partial charge >= 0.3 is 0 Å². The minimum Gasteiger partial charge on any atom is -0.313 e. The summed E-state index contributed by atoms with van der Waals surface area (Å²) in [6.07, 6.45) is 0.426. The maximum atomic E-state index is 14.2. The number of halogens is 3. The normalized spacial score (nSPS) is 25.0. The van der Waals surface area contributed by atoms with E-state index in [1.807, 2.05) is 0 Å². The van der Waals surface area contributed by atoms with E-state index in [1.54, 1.807) is 13.0 Å². The third-order valence-corrected chi connectivity index (χ3v) is 2.66. The maximum absolute atomic E-state index is 14.2. The summed E-state index contributed by atoms with van der Waals surface area (Å²) in [6, 6.07) is 4.42. The lowest BCUT2D eigenvalue weighted by Crippen LogP contribution is -2.23. The van der Waals surface area contributed by atoms with Gasteiger partial charge in [-0.2, -0.15) is 0 Å². The second-order valence-corrected chi connectivity index (χ2v) is 3.91. The summed E-state index contributed by atoms with van der Waals surface area (Å²) in [7, 11) is 0. The minimum atomic E-state index is -1.38. The Kier molecular flexibility index (Phi) is 3.68. The van der Waals surface area contributed by atoms with Crippen LogP contribution in [0.15, 0.2) is 18.2 Å². The first-order valence-electron chi connectivity index (χ1n) is 4.77. The highest BCUT2D eigenvalue weighted by molar-refractivity contribution is 5.85. The highest BCUT2D eigenvalue weighted by Crippen LogP contribution is 2.32. The minimum absolute atomic E-state index is 0. The molecule has 0 amide bonds. The van der Waals surface area contributed by atoms with Gasteiger partial charge in [0.05, 0.1) is 0 Å². The molecule has 1 fully saturated rings. The molecule has 2 rings (SSSR count). The van der Waals surface area contributed by atoms with E-state index < -0.39 is 5.67 Å². The van der Waals surface area contributed by atoms with Crippen LogP contribution in [0, 0.1) is 12.7 Å².